The largest absolute Gasteiger partial charge is 0.495 e. The molecule has 0 bridgehead atoms. The number of hydrogen-bond donors (Lipinski definition) is 1. The van der Waals surface area contributed by atoms with Gasteiger partial charge in [-0.1, -0.05) is 15.9 Å². The van der Waals surface area contributed by atoms with E-state index in [1.807, 2.05) is 0 Å². The van der Waals surface area contributed by atoms with Crippen molar-refractivity contribution in [2.24, 2.45) is 0 Å². The number of rotatable bonds is 5. The first-order valence-corrected chi connectivity index (χ1v) is 8.36. The number of halogens is 3. The molecule has 0 heterocycles. The zero-order valence-corrected chi connectivity index (χ0v) is 15.9. The summed E-state index contributed by atoms with van der Waals surface area (Å²) in [5.41, 5.74) is 0.0495. The number of amides is 1. The van der Waals surface area contributed by atoms with Gasteiger partial charge >= 0.3 is 5.69 Å². The molecule has 0 saturated heterocycles. The van der Waals surface area contributed by atoms with Crippen molar-refractivity contribution in [3.05, 3.63) is 66.8 Å². The summed E-state index contributed by atoms with van der Waals surface area (Å²) in [6.45, 7) is 0. The first-order chi connectivity index (χ1) is 11.8. The third-order valence-corrected chi connectivity index (χ3v) is 4.11. The van der Waals surface area contributed by atoms with Crippen molar-refractivity contribution in [3.8, 4) is 5.75 Å². The fraction of sp³-hybridized carbons (Fsp3) is 0.0625. The van der Waals surface area contributed by atoms with Gasteiger partial charge in [0.05, 0.1) is 16.5 Å². The Morgan fingerprint density at radius 1 is 1.32 bits per heavy atom. The van der Waals surface area contributed by atoms with Crippen molar-refractivity contribution < 1.29 is 18.8 Å². The first-order valence-electron chi connectivity index (χ1n) is 6.78. The van der Waals surface area contributed by atoms with Crippen LogP contribution in [0, 0.1) is 15.9 Å². The number of anilines is 1. The van der Waals surface area contributed by atoms with Crippen molar-refractivity contribution in [2.45, 2.75) is 0 Å². The molecule has 0 fully saturated rings. The number of nitrogens with one attached hydrogen (secondary N) is 1. The highest BCUT2D eigenvalue weighted by Gasteiger charge is 2.15. The SMILES string of the molecule is COc1c(Br)cc(Br)cc1/C=C/C(=O)Nc1ccc(F)c([N+](=O)[O-])c1. The molecule has 2 aromatic rings. The summed E-state index contributed by atoms with van der Waals surface area (Å²) in [5, 5.41) is 13.2. The van der Waals surface area contributed by atoms with E-state index in [9.17, 15) is 19.3 Å². The van der Waals surface area contributed by atoms with Crippen molar-refractivity contribution in [2.75, 3.05) is 12.4 Å². The van der Waals surface area contributed by atoms with Crippen LogP contribution in [-0.4, -0.2) is 17.9 Å². The van der Waals surface area contributed by atoms with Gasteiger partial charge in [0.2, 0.25) is 11.7 Å². The van der Waals surface area contributed by atoms with Gasteiger partial charge in [0.25, 0.3) is 0 Å². The molecule has 9 heteroatoms. The fourth-order valence-electron chi connectivity index (χ4n) is 2.00. The number of carbonyl (C=O) groups excluding carboxylic acids is 1. The lowest BCUT2D eigenvalue weighted by Gasteiger charge is -2.08. The molecule has 0 radical (unpaired) electrons. The predicted octanol–water partition coefficient (Wildman–Crippen LogP) is 4.92. The molecule has 0 aliphatic carbocycles. The molecule has 0 spiro atoms. The molecule has 0 aromatic heterocycles. The molecule has 0 aliphatic rings. The van der Waals surface area contributed by atoms with Crippen molar-refractivity contribution in [1.82, 2.24) is 0 Å². The van der Waals surface area contributed by atoms with E-state index in [2.05, 4.69) is 37.2 Å². The van der Waals surface area contributed by atoms with E-state index < -0.39 is 22.3 Å². The van der Waals surface area contributed by atoms with Gasteiger partial charge in [0.1, 0.15) is 5.75 Å². The quantitative estimate of drug-likeness (QED) is 0.379. The minimum absolute atomic E-state index is 0.116. The summed E-state index contributed by atoms with van der Waals surface area (Å²) in [5.74, 6) is -0.953. The highest BCUT2D eigenvalue weighted by molar-refractivity contribution is 9.11. The van der Waals surface area contributed by atoms with Crippen LogP contribution in [0.25, 0.3) is 6.08 Å². The average Bonchev–Trinajstić information content (AvgIpc) is 2.54. The molecule has 1 amide bonds. The molecular weight excluding hydrogens is 463 g/mol. The molecule has 0 saturated carbocycles. The highest BCUT2D eigenvalue weighted by Crippen LogP contribution is 2.33. The topological polar surface area (TPSA) is 81.5 Å². The summed E-state index contributed by atoms with van der Waals surface area (Å²) in [6.07, 6.45) is 2.77. The highest BCUT2D eigenvalue weighted by atomic mass is 79.9. The maximum atomic E-state index is 13.3. The fourth-order valence-corrected chi connectivity index (χ4v) is 3.42. The van der Waals surface area contributed by atoms with Crippen molar-refractivity contribution >= 4 is 55.2 Å². The molecule has 0 aliphatic heterocycles. The van der Waals surface area contributed by atoms with Crippen LogP contribution < -0.4 is 10.1 Å². The molecule has 2 rings (SSSR count). The first kappa shape index (κ1) is 19.1. The van der Waals surface area contributed by atoms with Gasteiger partial charge in [-0.2, -0.15) is 4.39 Å². The van der Waals surface area contributed by atoms with E-state index in [4.69, 9.17) is 4.74 Å². The van der Waals surface area contributed by atoms with Gasteiger partial charge in [0, 0.05) is 27.9 Å². The molecule has 0 unspecified atom stereocenters. The maximum Gasteiger partial charge on any atom is 0.306 e. The molecule has 1 N–H and O–H groups in total. The number of nitrogens with zero attached hydrogens (tertiary/aromatic N) is 1. The molecule has 25 heavy (non-hydrogen) atoms. The number of hydrogen-bond acceptors (Lipinski definition) is 4. The second-order valence-electron chi connectivity index (χ2n) is 4.76. The van der Waals surface area contributed by atoms with E-state index in [-0.39, 0.29) is 5.69 Å². The summed E-state index contributed by atoms with van der Waals surface area (Å²) < 4.78 is 20.1. The number of nitro groups is 1. The standard InChI is InChI=1S/C16H11Br2FN2O4/c1-25-16-9(6-10(17)7-12(16)18)2-5-15(22)20-11-3-4-13(19)14(8-11)21(23)24/h2-8H,1H3,(H,20,22)/b5-2+. The van der Waals surface area contributed by atoms with E-state index in [0.29, 0.717) is 15.8 Å². The van der Waals surface area contributed by atoms with Gasteiger partial charge in [-0.3, -0.25) is 14.9 Å². The summed E-state index contributed by atoms with van der Waals surface area (Å²) >= 11 is 6.70. The third kappa shape index (κ3) is 4.86. The Morgan fingerprint density at radius 2 is 2.04 bits per heavy atom. The van der Waals surface area contributed by atoms with Crippen LogP contribution in [0.5, 0.6) is 5.75 Å². The summed E-state index contributed by atoms with van der Waals surface area (Å²) in [4.78, 5) is 21.9. The Labute approximate surface area is 159 Å². The van der Waals surface area contributed by atoms with Crippen LogP contribution in [0.4, 0.5) is 15.8 Å². The van der Waals surface area contributed by atoms with Crippen LogP contribution in [0.1, 0.15) is 5.56 Å². The molecular formula is C16H11Br2FN2O4. The van der Waals surface area contributed by atoms with Crippen LogP contribution >= 0.6 is 31.9 Å². The zero-order valence-electron chi connectivity index (χ0n) is 12.8. The number of benzene rings is 2. The number of methoxy groups -OCH3 is 1. The monoisotopic (exact) mass is 472 g/mol. The number of nitro benzene ring substituents is 1. The Morgan fingerprint density at radius 3 is 2.68 bits per heavy atom. The lowest BCUT2D eigenvalue weighted by molar-refractivity contribution is -0.387. The maximum absolute atomic E-state index is 13.3. The molecule has 0 atom stereocenters. The number of ether oxygens (including phenoxy) is 1. The number of carbonyl (C=O) groups is 1. The Hall–Kier alpha value is -2.26. The molecule has 6 nitrogen and oxygen atoms in total. The lowest BCUT2D eigenvalue weighted by Crippen LogP contribution is -2.08. The Balaban J connectivity index is 2.20. The van der Waals surface area contributed by atoms with E-state index in [1.54, 1.807) is 12.1 Å². The minimum atomic E-state index is -0.970. The zero-order chi connectivity index (χ0) is 18.6. The van der Waals surface area contributed by atoms with Gasteiger partial charge in [-0.05, 0) is 46.3 Å². The predicted molar refractivity (Wildman–Crippen MR) is 99.1 cm³/mol. The second kappa shape index (κ2) is 8.21. The second-order valence-corrected chi connectivity index (χ2v) is 6.53. The van der Waals surface area contributed by atoms with Crippen LogP contribution in [0.3, 0.4) is 0 Å². The lowest BCUT2D eigenvalue weighted by atomic mass is 10.2. The Bertz CT molecular complexity index is 871. The van der Waals surface area contributed by atoms with Crippen LogP contribution in [0.2, 0.25) is 0 Å². The van der Waals surface area contributed by atoms with Crippen molar-refractivity contribution in [1.29, 1.82) is 0 Å². The van der Waals surface area contributed by atoms with Gasteiger partial charge < -0.3 is 10.1 Å². The van der Waals surface area contributed by atoms with E-state index in [1.165, 1.54) is 25.3 Å². The third-order valence-electron chi connectivity index (χ3n) is 3.07. The van der Waals surface area contributed by atoms with E-state index in [0.717, 1.165) is 16.6 Å². The van der Waals surface area contributed by atoms with Gasteiger partial charge in [-0.25, -0.2) is 0 Å². The molecule has 2 aromatic carbocycles. The van der Waals surface area contributed by atoms with E-state index >= 15 is 0 Å². The van der Waals surface area contributed by atoms with Crippen LogP contribution in [0.15, 0.2) is 45.4 Å². The Kier molecular flexibility index (Phi) is 6.27. The van der Waals surface area contributed by atoms with Crippen molar-refractivity contribution in [3.63, 3.8) is 0 Å². The minimum Gasteiger partial charge on any atom is -0.495 e. The van der Waals surface area contributed by atoms with Gasteiger partial charge in [-0.15, -0.1) is 0 Å². The summed E-state index contributed by atoms with van der Waals surface area (Å²) in [7, 11) is 1.50. The van der Waals surface area contributed by atoms with Gasteiger partial charge in [0.15, 0.2) is 0 Å². The smallest absolute Gasteiger partial charge is 0.306 e. The normalized spacial score (nSPS) is 10.7. The van der Waals surface area contributed by atoms with Crippen LogP contribution in [-0.2, 0) is 4.79 Å². The summed E-state index contributed by atoms with van der Waals surface area (Å²) in [6, 6.07) is 6.68. The molecule has 130 valence electrons. The average molecular weight is 474 g/mol.